The Balaban J connectivity index is 1.89. The molecule has 0 aliphatic heterocycles. The van der Waals surface area contributed by atoms with Gasteiger partial charge in [0.15, 0.2) is 17.5 Å². The van der Waals surface area contributed by atoms with Crippen LogP contribution in [0.25, 0.3) is 0 Å². The van der Waals surface area contributed by atoms with Crippen LogP contribution in [0.1, 0.15) is 6.42 Å². The minimum absolute atomic E-state index is 0.0268. The largest absolute Gasteiger partial charge is 0.382 e. The van der Waals surface area contributed by atoms with Crippen molar-refractivity contribution in [1.82, 2.24) is 0 Å². The Morgan fingerprint density at radius 2 is 1.70 bits per heavy atom. The van der Waals surface area contributed by atoms with Crippen molar-refractivity contribution in [3.63, 3.8) is 0 Å². The van der Waals surface area contributed by atoms with Gasteiger partial charge >= 0.3 is 0 Å². The molecule has 0 saturated heterocycles. The number of halogens is 5. The lowest BCUT2D eigenvalue weighted by Gasteiger charge is -2.10. The highest BCUT2D eigenvalue weighted by Gasteiger charge is 2.13. The lowest BCUT2D eigenvalue weighted by atomic mass is 10.2. The molecule has 2 aromatic carbocycles. The molecule has 0 bridgehead atoms. The van der Waals surface area contributed by atoms with Crippen molar-refractivity contribution in [1.29, 1.82) is 0 Å². The number of amides is 1. The first-order valence-electron chi connectivity index (χ1n) is 6.50. The highest BCUT2D eigenvalue weighted by molar-refractivity contribution is 6.36. The van der Waals surface area contributed by atoms with Gasteiger partial charge in [0, 0.05) is 18.0 Å². The van der Waals surface area contributed by atoms with Crippen LogP contribution in [0, 0.1) is 17.5 Å². The van der Waals surface area contributed by atoms with Gasteiger partial charge in [-0.25, -0.2) is 13.2 Å². The maximum absolute atomic E-state index is 13.4. The second-order valence-corrected chi connectivity index (χ2v) is 5.42. The normalized spacial score (nSPS) is 10.5. The zero-order chi connectivity index (χ0) is 17.0. The van der Waals surface area contributed by atoms with Crippen molar-refractivity contribution in [2.75, 3.05) is 17.2 Å². The number of hydrogen-bond donors (Lipinski definition) is 2. The Hall–Kier alpha value is -1.92. The van der Waals surface area contributed by atoms with Crippen LogP contribution in [0.15, 0.2) is 30.3 Å². The summed E-state index contributed by atoms with van der Waals surface area (Å²) in [6.07, 6.45) is -0.0304. The van der Waals surface area contributed by atoms with Gasteiger partial charge in [-0.2, -0.15) is 0 Å². The lowest BCUT2D eigenvalue weighted by molar-refractivity contribution is -0.115. The van der Waals surface area contributed by atoms with Crippen molar-refractivity contribution >= 4 is 40.5 Å². The van der Waals surface area contributed by atoms with Gasteiger partial charge in [-0.15, -0.1) is 0 Å². The average molecular weight is 363 g/mol. The molecule has 0 aliphatic carbocycles. The molecule has 1 amide bonds. The fraction of sp³-hybridized carbons (Fsp3) is 0.133. The predicted octanol–water partition coefficient (Wildman–Crippen LogP) is 4.85. The van der Waals surface area contributed by atoms with Gasteiger partial charge in [0.2, 0.25) is 5.91 Å². The van der Waals surface area contributed by atoms with E-state index in [0.29, 0.717) is 10.7 Å². The Kier molecular flexibility index (Phi) is 5.74. The second-order valence-electron chi connectivity index (χ2n) is 4.57. The minimum atomic E-state index is -1.56. The van der Waals surface area contributed by atoms with Crippen LogP contribution in [0.3, 0.4) is 0 Å². The summed E-state index contributed by atoms with van der Waals surface area (Å²) in [5, 5.41) is 5.80. The standard InChI is InChI=1S/C15H11Cl2F3N2O/c16-8-1-3-11(9(17)7-8)22-13(23)5-6-21-12-4-2-10(18)14(19)15(12)20/h1-4,7,21H,5-6H2,(H,22,23). The predicted molar refractivity (Wildman–Crippen MR) is 84.5 cm³/mol. The van der Waals surface area contributed by atoms with Crippen molar-refractivity contribution < 1.29 is 18.0 Å². The highest BCUT2D eigenvalue weighted by atomic mass is 35.5. The summed E-state index contributed by atoms with van der Waals surface area (Å²) in [4.78, 5) is 11.8. The Morgan fingerprint density at radius 3 is 2.39 bits per heavy atom. The molecule has 0 heterocycles. The minimum Gasteiger partial charge on any atom is -0.382 e. The molecule has 0 saturated carbocycles. The molecule has 2 N–H and O–H groups in total. The molecule has 2 rings (SSSR count). The van der Waals surface area contributed by atoms with Crippen LogP contribution >= 0.6 is 23.2 Å². The third-order valence-electron chi connectivity index (χ3n) is 2.91. The van der Waals surface area contributed by atoms with Crippen LogP contribution < -0.4 is 10.6 Å². The summed E-state index contributed by atoms with van der Waals surface area (Å²) in [6, 6.07) is 6.45. The molecule has 0 aromatic heterocycles. The topological polar surface area (TPSA) is 41.1 Å². The fourth-order valence-electron chi connectivity index (χ4n) is 1.78. The number of carbonyl (C=O) groups excluding carboxylic acids is 1. The number of rotatable bonds is 5. The first-order valence-corrected chi connectivity index (χ1v) is 7.26. The molecule has 3 nitrogen and oxygen atoms in total. The van der Waals surface area contributed by atoms with E-state index < -0.39 is 17.5 Å². The molecule has 122 valence electrons. The summed E-state index contributed by atoms with van der Waals surface area (Å²) < 4.78 is 39.3. The number of anilines is 2. The van der Waals surface area contributed by atoms with Crippen LogP contribution in [-0.4, -0.2) is 12.5 Å². The van der Waals surface area contributed by atoms with Crippen LogP contribution in [0.4, 0.5) is 24.5 Å². The van der Waals surface area contributed by atoms with Gasteiger partial charge in [-0.05, 0) is 30.3 Å². The second kappa shape index (κ2) is 7.57. The molecule has 0 unspecified atom stereocenters. The van der Waals surface area contributed by atoms with Gasteiger partial charge in [-0.3, -0.25) is 4.79 Å². The quantitative estimate of drug-likeness (QED) is 0.746. The zero-order valence-electron chi connectivity index (χ0n) is 11.6. The summed E-state index contributed by atoms with van der Waals surface area (Å²) >= 11 is 11.7. The maximum atomic E-state index is 13.4. The lowest BCUT2D eigenvalue weighted by Crippen LogP contribution is -2.17. The fourth-order valence-corrected chi connectivity index (χ4v) is 2.23. The van der Waals surface area contributed by atoms with Crippen LogP contribution in [0.5, 0.6) is 0 Å². The average Bonchev–Trinajstić information content (AvgIpc) is 2.50. The molecule has 0 aliphatic rings. The molecule has 0 fully saturated rings. The molecule has 0 atom stereocenters. The highest BCUT2D eigenvalue weighted by Crippen LogP contribution is 2.25. The molecule has 2 aromatic rings. The van der Waals surface area contributed by atoms with E-state index in [9.17, 15) is 18.0 Å². The van der Waals surface area contributed by atoms with Crippen LogP contribution in [0.2, 0.25) is 10.0 Å². The van der Waals surface area contributed by atoms with Gasteiger partial charge in [0.1, 0.15) is 0 Å². The maximum Gasteiger partial charge on any atom is 0.226 e. The monoisotopic (exact) mass is 362 g/mol. The molecule has 8 heteroatoms. The van der Waals surface area contributed by atoms with Gasteiger partial charge < -0.3 is 10.6 Å². The number of benzene rings is 2. The van der Waals surface area contributed by atoms with E-state index in [0.717, 1.165) is 12.1 Å². The van der Waals surface area contributed by atoms with E-state index in [1.807, 2.05) is 0 Å². The van der Waals surface area contributed by atoms with E-state index in [1.54, 1.807) is 12.1 Å². The van der Waals surface area contributed by atoms with Gasteiger partial charge in [0.05, 0.1) is 16.4 Å². The Bertz CT molecular complexity index is 741. The number of nitrogens with one attached hydrogen (secondary N) is 2. The summed E-state index contributed by atoms with van der Waals surface area (Å²) in [5.41, 5.74) is 0.168. The van der Waals surface area contributed by atoms with Crippen molar-refractivity contribution in [3.05, 3.63) is 57.8 Å². The first kappa shape index (κ1) is 17.4. The third kappa shape index (κ3) is 4.53. The number of carbonyl (C=O) groups is 1. The Labute approximate surface area is 140 Å². The van der Waals surface area contributed by atoms with E-state index in [-0.39, 0.29) is 29.6 Å². The molecule has 0 radical (unpaired) electrons. The number of hydrogen-bond acceptors (Lipinski definition) is 2. The molecular formula is C15H11Cl2F3N2O. The summed E-state index contributed by atoms with van der Waals surface area (Å²) in [7, 11) is 0. The van der Waals surface area contributed by atoms with E-state index >= 15 is 0 Å². The molecule has 0 spiro atoms. The zero-order valence-corrected chi connectivity index (χ0v) is 13.1. The third-order valence-corrected chi connectivity index (χ3v) is 3.46. The summed E-state index contributed by atoms with van der Waals surface area (Å²) in [5.74, 6) is -4.55. The molecule has 23 heavy (non-hydrogen) atoms. The summed E-state index contributed by atoms with van der Waals surface area (Å²) in [6.45, 7) is 0.0268. The van der Waals surface area contributed by atoms with Crippen molar-refractivity contribution in [3.8, 4) is 0 Å². The first-order chi connectivity index (χ1) is 10.9. The van der Waals surface area contributed by atoms with Gasteiger partial charge in [0.25, 0.3) is 0 Å². The van der Waals surface area contributed by atoms with Crippen LogP contribution in [-0.2, 0) is 4.79 Å². The smallest absolute Gasteiger partial charge is 0.226 e. The van der Waals surface area contributed by atoms with E-state index in [4.69, 9.17) is 23.2 Å². The van der Waals surface area contributed by atoms with E-state index in [2.05, 4.69) is 10.6 Å². The van der Waals surface area contributed by atoms with Crippen molar-refractivity contribution in [2.24, 2.45) is 0 Å². The molecular weight excluding hydrogens is 352 g/mol. The van der Waals surface area contributed by atoms with E-state index in [1.165, 1.54) is 6.07 Å². The SMILES string of the molecule is O=C(CCNc1ccc(F)c(F)c1F)Nc1ccc(Cl)cc1Cl. The Morgan fingerprint density at radius 1 is 1.00 bits per heavy atom. The van der Waals surface area contributed by atoms with Crippen molar-refractivity contribution in [2.45, 2.75) is 6.42 Å². The van der Waals surface area contributed by atoms with Gasteiger partial charge in [-0.1, -0.05) is 23.2 Å².